The van der Waals surface area contributed by atoms with Crippen LogP contribution in [0.25, 0.3) is 0 Å². The highest BCUT2D eigenvalue weighted by molar-refractivity contribution is 6.31. The number of hydrogen-bond donors (Lipinski definition) is 2. The molecule has 2 aromatic carbocycles. The molecular weight excluding hydrogens is 424 g/mol. The molecule has 0 aromatic heterocycles. The molecule has 174 valence electrons. The third kappa shape index (κ3) is 6.05. The van der Waals surface area contributed by atoms with Crippen LogP contribution in [0, 0.1) is 5.41 Å². The van der Waals surface area contributed by atoms with Crippen molar-refractivity contribution in [2.45, 2.75) is 76.6 Å². The van der Waals surface area contributed by atoms with Gasteiger partial charge < -0.3 is 19.7 Å². The van der Waals surface area contributed by atoms with E-state index < -0.39 is 6.10 Å². The van der Waals surface area contributed by atoms with E-state index in [4.69, 9.17) is 21.1 Å². The summed E-state index contributed by atoms with van der Waals surface area (Å²) in [7, 11) is 0. The topological polar surface area (TPSA) is 58.9 Å². The lowest BCUT2D eigenvalue weighted by atomic mass is 9.76. The molecular formula is C27H35ClO4. The number of hydrogen-bond acceptors (Lipinski definition) is 4. The lowest BCUT2D eigenvalue weighted by molar-refractivity contribution is -0.113. The highest BCUT2D eigenvalue weighted by Gasteiger charge is 2.29. The van der Waals surface area contributed by atoms with Gasteiger partial charge in [-0.05, 0) is 54.2 Å². The fourth-order valence-corrected chi connectivity index (χ4v) is 5.17. The Hall–Kier alpha value is -1.59. The molecule has 1 heterocycles. The Bertz CT molecular complexity index is 876. The van der Waals surface area contributed by atoms with Gasteiger partial charge in [-0.3, -0.25) is 0 Å². The summed E-state index contributed by atoms with van der Waals surface area (Å²) in [4.78, 5) is 0. The quantitative estimate of drug-likeness (QED) is 0.546. The van der Waals surface area contributed by atoms with Crippen molar-refractivity contribution in [3.05, 3.63) is 64.2 Å². The van der Waals surface area contributed by atoms with Crippen LogP contribution in [-0.2, 0) is 11.2 Å². The van der Waals surface area contributed by atoms with Gasteiger partial charge in [0.2, 0.25) is 0 Å². The number of aliphatic hydroxyl groups is 2. The van der Waals surface area contributed by atoms with E-state index in [-0.39, 0.29) is 18.8 Å². The minimum Gasteiger partial charge on any atom is -0.493 e. The van der Waals surface area contributed by atoms with E-state index in [1.165, 1.54) is 32.1 Å². The molecule has 5 heteroatoms. The molecule has 4 rings (SSSR count). The molecule has 32 heavy (non-hydrogen) atoms. The van der Waals surface area contributed by atoms with E-state index in [9.17, 15) is 10.2 Å². The van der Waals surface area contributed by atoms with Gasteiger partial charge in [0.15, 0.2) is 0 Å². The Kier molecular flexibility index (Phi) is 7.78. The number of benzene rings is 2. The smallest absolute Gasteiger partial charge is 0.119 e. The van der Waals surface area contributed by atoms with Gasteiger partial charge in [-0.1, -0.05) is 62.1 Å². The zero-order valence-electron chi connectivity index (χ0n) is 18.9. The predicted octanol–water partition coefficient (Wildman–Crippen LogP) is 5.85. The van der Waals surface area contributed by atoms with Crippen molar-refractivity contribution < 1.29 is 19.7 Å². The van der Waals surface area contributed by atoms with Crippen molar-refractivity contribution in [2.75, 3.05) is 13.2 Å². The summed E-state index contributed by atoms with van der Waals surface area (Å²) in [6.07, 6.45) is 7.16. The van der Waals surface area contributed by atoms with Gasteiger partial charge in [-0.15, -0.1) is 0 Å². The molecule has 0 bridgehead atoms. The Balaban J connectivity index is 1.39. The summed E-state index contributed by atoms with van der Waals surface area (Å²) in [5, 5.41) is 20.3. The number of aliphatic hydroxyl groups excluding tert-OH is 2. The van der Waals surface area contributed by atoms with E-state index in [1.54, 1.807) is 0 Å². The van der Waals surface area contributed by atoms with Gasteiger partial charge in [0.1, 0.15) is 5.75 Å². The molecule has 4 nitrogen and oxygen atoms in total. The monoisotopic (exact) mass is 458 g/mol. The maximum absolute atomic E-state index is 10.1. The summed E-state index contributed by atoms with van der Waals surface area (Å²) in [6.45, 7) is 3.04. The summed E-state index contributed by atoms with van der Waals surface area (Å²) < 4.78 is 12.1. The van der Waals surface area contributed by atoms with Gasteiger partial charge in [-0.25, -0.2) is 0 Å². The number of halogens is 1. The average molecular weight is 459 g/mol. The number of rotatable bonds is 7. The molecule has 0 amide bonds. The van der Waals surface area contributed by atoms with Crippen molar-refractivity contribution in [2.24, 2.45) is 5.41 Å². The van der Waals surface area contributed by atoms with Crippen LogP contribution >= 0.6 is 11.6 Å². The third-order valence-corrected chi connectivity index (χ3v) is 7.36. The molecule has 1 saturated heterocycles. The van der Waals surface area contributed by atoms with Crippen molar-refractivity contribution in [3.8, 4) is 5.75 Å². The van der Waals surface area contributed by atoms with E-state index in [1.807, 2.05) is 24.3 Å². The van der Waals surface area contributed by atoms with Crippen molar-refractivity contribution >= 4 is 11.6 Å². The summed E-state index contributed by atoms with van der Waals surface area (Å²) >= 11 is 6.50. The molecule has 0 radical (unpaired) electrons. The van der Waals surface area contributed by atoms with Crippen molar-refractivity contribution in [3.63, 3.8) is 0 Å². The maximum atomic E-state index is 10.1. The first-order chi connectivity index (χ1) is 15.4. The molecule has 2 fully saturated rings. The minimum atomic E-state index is -0.464. The zero-order valence-corrected chi connectivity index (χ0v) is 19.7. The zero-order chi connectivity index (χ0) is 22.6. The highest BCUT2D eigenvalue weighted by Crippen LogP contribution is 2.36. The van der Waals surface area contributed by atoms with Gasteiger partial charge in [-0.2, -0.15) is 0 Å². The molecule has 3 unspecified atom stereocenters. The van der Waals surface area contributed by atoms with Gasteiger partial charge in [0.25, 0.3) is 0 Å². The largest absolute Gasteiger partial charge is 0.493 e. The highest BCUT2D eigenvalue weighted by atomic mass is 35.5. The molecule has 2 N–H and O–H groups in total. The Morgan fingerprint density at radius 1 is 1.06 bits per heavy atom. The van der Waals surface area contributed by atoms with Crippen molar-refractivity contribution in [1.29, 1.82) is 0 Å². The molecule has 1 aliphatic carbocycles. The van der Waals surface area contributed by atoms with Crippen LogP contribution in [0.1, 0.15) is 74.7 Å². The third-order valence-electron chi connectivity index (χ3n) is 6.99. The standard InChI is InChI=1S/C27H35ClO4/c1-27(11-3-2-4-12-27)18-31-23-8-5-19(6-9-23)13-21-14-20(7-10-25(21)28)26-16-22(30)15-24(17-29)32-26/h5-10,14,22,24,26,29-30H,2-4,11-13,15-18H2,1H3. The van der Waals surface area contributed by atoms with Crippen LogP contribution in [-0.4, -0.2) is 35.6 Å². The van der Waals surface area contributed by atoms with E-state index >= 15 is 0 Å². The first kappa shape index (κ1) is 23.6. The molecule has 1 aliphatic heterocycles. The minimum absolute atomic E-state index is 0.0818. The molecule has 0 spiro atoms. The number of ether oxygens (including phenoxy) is 2. The fraction of sp³-hybridized carbons (Fsp3) is 0.556. The van der Waals surface area contributed by atoms with Crippen LogP contribution in [0.2, 0.25) is 5.02 Å². The van der Waals surface area contributed by atoms with Gasteiger partial charge in [0, 0.05) is 23.3 Å². The SMILES string of the molecule is CC1(COc2ccc(Cc3cc(C4CC(O)CC(CO)O4)ccc3Cl)cc2)CCCCC1. The Labute approximate surface area is 196 Å². The van der Waals surface area contributed by atoms with E-state index in [0.717, 1.165) is 34.1 Å². The second-order valence-corrected chi connectivity index (χ2v) is 10.3. The first-order valence-corrected chi connectivity index (χ1v) is 12.3. The molecule has 2 aromatic rings. The van der Waals surface area contributed by atoms with Crippen LogP contribution in [0.4, 0.5) is 0 Å². The first-order valence-electron chi connectivity index (χ1n) is 11.9. The van der Waals surface area contributed by atoms with Crippen molar-refractivity contribution in [1.82, 2.24) is 0 Å². The van der Waals surface area contributed by atoms with Crippen LogP contribution < -0.4 is 4.74 Å². The summed E-state index contributed by atoms with van der Waals surface area (Å²) in [5.74, 6) is 0.917. The van der Waals surface area contributed by atoms with Crippen LogP contribution in [0.3, 0.4) is 0 Å². The van der Waals surface area contributed by atoms with Crippen LogP contribution in [0.15, 0.2) is 42.5 Å². The summed E-state index contributed by atoms with van der Waals surface area (Å²) in [5.41, 5.74) is 3.48. The lowest BCUT2D eigenvalue weighted by Gasteiger charge is -2.33. The van der Waals surface area contributed by atoms with Crippen LogP contribution in [0.5, 0.6) is 5.75 Å². The second-order valence-electron chi connectivity index (χ2n) is 9.89. The van der Waals surface area contributed by atoms with E-state index in [2.05, 4.69) is 25.1 Å². The Morgan fingerprint density at radius 2 is 1.81 bits per heavy atom. The summed E-state index contributed by atoms with van der Waals surface area (Å²) in [6, 6.07) is 14.2. The Morgan fingerprint density at radius 3 is 2.53 bits per heavy atom. The normalized spacial score (nSPS) is 25.4. The fourth-order valence-electron chi connectivity index (χ4n) is 4.98. The average Bonchev–Trinajstić information content (AvgIpc) is 2.80. The lowest BCUT2D eigenvalue weighted by Crippen LogP contribution is -2.33. The molecule has 2 aliphatic rings. The second kappa shape index (κ2) is 10.6. The molecule has 1 saturated carbocycles. The maximum Gasteiger partial charge on any atom is 0.119 e. The predicted molar refractivity (Wildman–Crippen MR) is 127 cm³/mol. The van der Waals surface area contributed by atoms with Gasteiger partial charge in [0.05, 0.1) is 31.5 Å². The van der Waals surface area contributed by atoms with Gasteiger partial charge >= 0.3 is 0 Å². The molecule has 3 atom stereocenters. The van der Waals surface area contributed by atoms with E-state index in [0.29, 0.717) is 24.7 Å².